The van der Waals surface area contributed by atoms with Crippen molar-refractivity contribution in [3.63, 3.8) is 0 Å². The van der Waals surface area contributed by atoms with E-state index in [4.69, 9.17) is 0 Å². The van der Waals surface area contributed by atoms with Crippen molar-refractivity contribution in [2.24, 2.45) is 0 Å². The molecule has 1 saturated heterocycles. The topological polar surface area (TPSA) is 32.3 Å². The van der Waals surface area contributed by atoms with Crippen LogP contribution in [0.3, 0.4) is 0 Å². The highest BCUT2D eigenvalue weighted by atomic mass is 79.9. The largest absolute Gasteiger partial charge is 0.508 e. The lowest BCUT2D eigenvalue weighted by atomic mass is 9.97. The second kappa shape index (κ2) is 5.15. The first-order chi connectivity index (χ1) is 7.68. The van der Waals surface area contributed by atoms with Gasteiger partial charge in [-0.1, -0.05) is 6.42 Å². The number of phenols is 1. The van der Waals surface area contributed by atoms with Gasteiger partial charge < -0.3 is 10.4 Å². The number of nitrogens with one attached hydrogen (secondary N) is 1. The van der Waals surface area contributed by atoms with Crippen LogP contribution in [0.25, 0.3) is 0 Å². The summed E-state index contributed by atoms with van der Waals surface area (Å²) in [5.74, 6) is -0.291. The molecule has 0 aromatic heterocycles. The van der Waals surface area contributed by atoms with E-state index in [1.165, 1.54) is 25.0 Å². The molecule has 1 aromatic rings. The van der Waals surface area contributed by atoms with Gasteiger partial charge in [-0.25, -0.2) is 4.39 Å². The van der Waals surface area contributed by atoms with Crippen LogP contribution in [-0.4, -0.2) is 17.7 Å². The lowest BCUT2D eigenvalue weighted by Crippen LogP contribution is -2.35. The predicted molar refractivity (Wildman–Crippen MR) is 65.1 cm³/mol. The monoisotopic (exact) mass is 287 g/mol. The first-order valence-electron chi connectivity index (χ1n) is 5.57. The lowest BCUT2D eigenvalue weighted by Gasteiger charge is -2.24. The van der Waals surface area contributed by atoms with Gasteiger partial charge in [0.15, 0.2) is 0 Å². The molecule has 1 atom stereocenters. The van der Waals surface area contributed by atoms with Gasteiger partial charge in [0.25, 0.3) is 0 Å². The molecule has 1 aliphatic heterocycles. The number of halogens is 2. The third-order valence-electron chi connectivity index (χ3n) is 3.03. The molecular weight excluding hydrogens is 273 g/mol. The predicted octanol–water partition coefficient (Wildman–Crippen LogP) is 2.98. The summed E-state index contributed by atoms with van der Waals surface area (Å²) in [6, 6.07) is 3.34. The van der Waals surface area contributed by atoms with E-state index in [2.05, 4.69) is 21.2 Å². The molecule has 0 spiro atoms. The molecule has 88 valence electrons. The zero-order chi connectivity index (χ0) is 11.5. The van der Waals surface area contributed by atoms with Crippen LogP contribution in [0.1, 0.15) is 24.8 Å². The Balaban J connectivity index is 2.16. The standard InChI is InChI=1S/C12H15BrFNO/c13-10-4-5-11(16)9(12(10)14)7-8-3-1-2-6-15-8/h4-5,8,15-16H,1-3,6-7H2. The Hall–Kier alpha value is -0.610. The summed E-state index contributed by atoms with van der Waals surface area (Å²) >= 11 is 3.14. The van der Waals surface area contributed by atoms with Crippen molar-refractivity contribution in [3.8, 4) is 5.75 Å². The third kappa shape index (κ3) is 2.55. The van der Waals surface area contributed by atoms with E-state index in [1.807, 2.05) is 0 Å². The SMILES string of the molecule is Oc1ccc(Br)c(F)c1CC1CCCCN1. The van der Waals surface area contributed by atoms with Crippen LogP contribution in [-0.2, 0) is 6.42 Å². The Kier molecular flexibility index (Phi) is 3.82. The van der Waals surface area contributed by atoms with E-state index >= 15 is 0 Å². The molecule has 2 N–H and O–H groups in total. The van der Waals surface area contributed by atoms with Crippen molar-refractivity contribution in [3.05, 3.63) is 28.0 Å². The molecule has 1 aromatic carbocycles. The maximum Gasteiger partial charge on any atom is 0.144 e. The number of hydrogen-bond donors (Lipinski definition) is 2. The van der Waals surface area contributed by atoms with Gasteiger partial charge >= 0.3 is 0 Å². The van der Waals surface area contributed by atoms with E-state index in [9.17, 15) is 9.50 Å². The average molecular weight is 288 g/mol. The van der Waals surface area contributed by atoms with E-state index < -0.39 is 0 Å². The van der Waals surface area contributed by atoms with Crippen LogP contribution >= 0.6 is 15.9 Å². The number of aromatic hydroxyl groups is 1. The normalized spacial score (nSPS) is 21.0. The Labute approximate surface area is 103 Å². The average Bonchev–Trinajstić information content (AvgIpc) is 2.31. The summed E-state index contributed by atoms with van der Waals surface area (Å²) in [4.78, 5) is 0. The van der Waals surface area contributed by atoms with E-state index in [0.29, 0.717) is 16.5 Å². The maximum absolute atomic E-state index is 13.8. The highest BCUT2D eigenvalue weighted by molar-refractivity contribution is 9.10. The van der Waals surface area contributed by atoms with E-state index in [-0.39, 0.29) is 17.6 Å². The molecule has 16 heavy (non-hydrogen) atoms. The maximum atomic E-state index is 13.8. The number of rotatable bonds is 2. The minimum Gasteiger partial charge on any atom is -0.508 e. The second-order valence-electron chi connectivity index (χ2n) is 4.21. The smallest absolute Gasteiger partial charge is 0.144 e. The van der Waals surface area contributed by atoms with Crippen LogP contribution in [0.2, 0.25) is 0 Å². The summed E-state index contributed by atoms with van der Waals surface area (Å²) in [6.45, 7) is 0.987. The van der Waals surface area contributed by atoms with Gasteiger partial charge in [0.2, 0.25) is 0 Å². The van der Waals surface area contributed by atoms with E-state index in [1.54, 1.807) is 0 Å². The van der Waals surface area contributed by atoms with Gasteiger partial charge in [-0.15, -0.1) is 0 Å². The Morgan fingerprint density at radius 1 is 1.44 bits per heavy atom. The number of benzene rings is 1. The summed E-state index contributed by atoms with van der Waals surface area (Å²) in [6.07, 6.45) is 3.96. The highest BCUT2D eigenvalue weighted by Gasteiger charge is 2.18. The van der Waals surface area contributed by atoms with Crippen LogP contribution in [0.5, 0.6) is 5.75 Å². The van der Waals surface area contributed by atoms with Crippen molar-refractivity contribution in [2.75, 3.05) is 6.54 Å². The van der Waals surface area contributed by atoms with Crippen molar-refractivity contribution in [2.45, 2.75) is 31.7 Å². The zero-order valence-corrected chi connectivity index (χ0v) is 10.6. The minimum absolute atomic E-state index is 0.0491. The van der Waals surface area contributed by atoms with Crippen molar-refractivity contribution in [1.82, 2.24) is 5.32 Å². The summed E-state index contributed by atoms with van der Waals surface area (Å²) in [7, 11) is 0. The zero-order valence-electron chi connectivity index (χ0n) is 8.97. The second-order valence-corrected chi connectivity index (χ2v) is 5.06. The minimum atomic E-state index is -0.340. The van der Waals surface area contributed by atoms with Crippen molar-refractivity contribution < 1.29 is 9.50 Å². The molecule has 1 fully saturated rings. The summed E-state index contributed by atoms with van der Waals surface area (Å²) in [5.41, 5.74) is 0.411. The molecule has 0 saturated carbocycles. The number of phenolic OH excluding ortho intramolecular Hbond substituents is 1. The van der Waals surface area contributed by atoms with Crippen molar-refractivity contribution >= 4 is 15.9 Å². The molecule has 1 heterocycles. The molecule has 0 amide bonds. The quantitative estimate of drug-likeness (QED) is 0.877. The molecule has 2 nitrogen and oxygen atoms in total. The van der Waals surface area contributed by atoms with E-state index in [0.717, 1.165) is 13.0 Å². The Bertz CT molecular complexity index is 378. The Morgan fingerprint density at radius 2 is 2.25 bits per heavy atom. The fourth-order valence-corrected chi connectivity index (χ4v) is 2.49. The molecule has 0 aliphatic carbocycles. The Morgan fingerprint density at radius 3 is 2.94 bits per heavy atom. The highest BCUT2D eigenvalue weighted by Crippen LogP contribution is 2.28. The van der Waals surface area contributed by atoms with Crippen LogP contribution < -0.4 is 5.32 Å². The summed E-state index contributed by atoms with van der Waals surface area (Å²) < 4.78 is 14.2. The molecule has 4 heteroatoms. The summed E-state index contributed by atoms with van der Waals surface area (Å²) in [5, 5.41) is 13.0. The van der Waals surface area contributed by atoms with Gasteiger partial charge in [0.1, 0.15) is 11.6 Å². The fraction of sp³-hybridized carbons (Fsp3) is 0.500. The molecule has 0 radical (unpaired) electrons. The van der Waals surface area contributed by atoms with Gasteiger partial charge in [-0.2, -0.15) is 0 Å². The molecule has 1 aliphatic rings. The first kappa shape index (κ1) is 11.9. The van der Waals surface area contributed by atoms with Crippen LogP contribution in [0.15, 0.2) is 16.6 Å². The first-order valence-corrected chi connectivity index (χ1v) is 6.37. The van der Waals surface area contributed by atoms with Gasteiger partial charge in [-0.3, -0.25) is 0 Å². The third-order valence-corrected chi connectivity index (χ3v) is 3.65. The van der Waals surface area contributed by atoms with Gasteiger partial charge in [0.05, 0.1) is 4.47 Å². The van der Waals surface area contributed by atoms with Crippen LogP contribution in [0.4, 0.5) is 4.39 Å². The molecule has 0 bridgehead atoms. The molecule has 1 unspecified atom stereocenters. The number of piperidine rings is 1. The van der Waals surface area contributed by atoms with Gasteiger partial charge in [-0.05, 0) is 53.9 Å². The number of hydrogen-bond acceptors (Lipinski definition) is 2. The fourth-order valence-electron chi connectivity index (χ4n) is 2.12. The van der Waals surface area contributed by atoms with Gasteiger partial charge in [0, 0.05) is 11.6 Å². The molecule has 2 rings (SSSR count). The molecular formula is C12H15BrFNO. The van der Waals surface area contributed by atoms with Crippen LogP contribution in [0, 0.1) is 5.82 Å². The van der Waals surface area contributed by atoms with Crippen molar-refractivity contribution in [1.29, 1.82) is 0 Å². The lowest BCUT2D eigenvalue weighted by molar-refractivity contribution is 0.385.